The Morgan fingerprint density at radius 1 is 1.22 bits per heavy atom. The highest BCUT2D eigenvalue weighted by Crippen LogP contribution is 2.38. The summed E-state index contributed by atoms with van der Waals surface area (Å²) in [6, 6.07) is 14.1. The monoisotopic (exact) mass is 482 g/mol. The summed E-state index contributed by atoms with van der Waals surface area (Å²) in [5, 5.41) is 4.06. The normalized spacial score (nSPS) is 11.0. The van der Waals surface area contributed by atoms with Crippen molar-refractivity contribution in [3.63, 3.8) is 0 Å². The number of imidazole rings is 1. The molecule has 1 amide bonds. The molecule has 0 unspecified atom stereocenters. The lowest BCUT2D eigenvalue weighted by Gasteiger charge is -2.22. The van der Waals surface area contributed by atoms with Gasteiger partial charge in [-0.05, 0) is 36.6 Å². The molecule has 164 valence electrons. The van der Waals surface area contributed by atoms with Crippen molar-refractivity contribution in [2.75, 3.05) is 4.90 Å². The lowest BCUT2D eigenvalue weighted by atomic mass is 10.1. The van der Waals surface area contributed by atoms with Gasteiger partial charge in [0.15, 0.2) is 10.3 Å². The van der Waals surface area contributed by atoms with Gasteiger partial charge < -0.3 is 4.57 Å². The van der Waals surface area contributed by atoms with Gasteiger partial charge in [-0.25, -0.2) is 9.97 Å². The molecule has 2 aromatic carbocycles. The van der Waals surface area contributed by atoms with Gasteiger partial charge in [0, 0.05) is 25.1 Å². The van der Waals surface area contributed by atoms with E-state index in [4.69, 9.17) is 16.6 Å². The lowest BCUT2D eigenvalue weighted by molar-refractivity contribution is -0.115. The first-order valence-electron chi connectivity index (χ1n) is 10.1. The maximum absolute atomic E-state index is 12.5. The number of thioether (sulfide) groups is 1. The van der Waals surface area contributed by atoms with Crippen LogP contribution in [-0.2, 0) is 17.6 Å². The number of hydrogen-bond acceptors (Lipinski definition) is 5. The van der Waals surface area contributed by atoms with E-state index in [9.17, 15) is 4.79 Å². The number of aryl methyl sites for hydroxylation is 2. The SMILES string of the molecule is CC(=O)N(c1nc(CSc2ncc(-c3ccccc3)n2C)cs1)c1c(C)cc(C)cc1Cl. The number of carbonyl (C=O) groups excluding carboxylic acids is 1. The van der Waals surface area contributed by atoms with Crippen molar-refractivity contribution in [3.05, 3.63) is 75.9 Å². The number of rotatable bonds is 6. The minimum Gasteiger partial charge on any atom is -0.322 e. The van der Waals surface area contributed by atoms with Crippen LogP contribution in [0.1, 0.15) is 23.7 Å². The zero-order valence-electron chi connectivity index (χ0n) is 18.3. The molecule has 0 bridgehead atoms. The number of anilines is 2. The van der Waals surface area contributed by atoms with Crippen LogP contribution in [0.3, 0.4) is 0 Å². The standard InChI is InChI=1S/C24H23ClN4OS2/c1-15-10-16(2)22(20(25)11-15)29(17(3)30)24-27-19(14-32-24)13-31-23-26-12-21(28(23)4)18-8-6-5-7-9-18/h5-12,14H,13H2,1-4H3. The van der Waals surface area contributed by atoms with Crippen LogP contribution in [-0.4, -0.2) is 20.4 Å². The second-order valence-corrected chi connectivity index (χ2v) is 9.71. The summed E-state index contributed by atoms with van der Waals surface area (Å²) in [5.74, 6) is 0.533. The van der Waals surface area contributed by atoms with Crippen molar-refractivity contribution in [1.82, 2.24) is 14.5 Å². The fraction of sp³-hybridized carbons (Fsp3) is 0.208. The van der Waals surface area contributed by atoms with Gasteiger partial charge in [0.25, 0.3) is 0 Å². The molecule has 4 rings (SSSR count). The molecule has 0 atom stereocenters. The fourth-order valence-electron chi connectivity index (χ4n) is 3.59. The third-order valence-corrected chi connectivity index (χ3v) is 7.27. The van der Waals surface area contributed by atoms with Gasteiger partial charge in [-0.3, -0.25) is 9.69 Å². The van der Waals surface area contributed by atoms with E-state index in [1.165, 1.54) is 18.3 Å². The van der Waals surface area contributed by atoms with Crippen LogP contribution in [0.15, 0.2) is 59.2 Å². The predicted octanol–water partition coefficient (Wildman–Crippen LogP) is 6.79. The molecule has 5 nitrogen and oxygen atoms in total. The summed E-state index contributed by atoms with van der Waals surface area (Å²) in [6.45, 7) is 5.48. The Morgan fingerprint density at radius 2 is 1.97 bits per heavy atom. The van der Waals surface area contributed by atoms with Crippen molar-refractivity contribution >= 4 is 51.4 Å². The van der Waals surface area contributed by atoms with E-state index in [0.29, 0.717) is 21.6 Å². The molecule has 2 aromatic heterocycles. The van der Waals surface area contributed by atoms with Gasteiger partial charge in [0.1, 0.15) is 0 Å². The minimum atomic E-state index is -0.121. The smallest absolute Gasteiger partial charge is 0.230 e. The number of thiazole rings is 1. The average Bonchev–Trinajstić information content (AvgIpc) is 3.36. The van der Waals surface area contributed by atoms with Crippen molar-refractivity contribution in [3.8, 4) is 11.3 Å². The molecule has 0 fully saturated rings. The molecule has 0 N–H and O–H groups in total. The summed E-state index contributed by atoms with van der Waals surface area (Å²) < 4.78 is 2.09. The Balaban J connectivity index is 1.54. The second kappa shape index (κ2) is 9.48. The first-order valence-corrected chi connectivity index (χ1v) is 12.3. The molecular weight excluding hydrogens is 460 g/mol. The van der Waals surface area contributed by atoms with Crippen molar-refractivity contribution < 1.29 is 4.79 Å². The van der Waals surface area contributed by atoms with Gasteiger partial charge in [-0.2, -0.15) is 0 Å². The van der Waals surface area contributed by atoms with Crippen molar-refractivity contribution in [2.45, 2.75) is 31.7 Å². The topological polar surface area (TPSA) is 51.0 Å². The van der Waals surface area contributed by atoms with E-state index in [-0.39, 0.29) is 5.91 Å². The molecule has 32 heavy (non-hydrogen) atoms. The third kappa shape index (κ3) is 4.60. The predicted molar refractivity (Wildman–Crippen MR) is 134 cm³/mol. The average molecular weight is 483 g/mol. The number of hydrogen-bond donors (Lipinski definition) is 0. The van der Waals surface area contributed by atoms with E-state index in [1.807, 2.05) is 62.8 Å². The van der Waals surface area contributed by atoms with Crippen molar-refractivity contribution in [1.29, 1.82) is 0 Å². The second-order valence-electron chi connectivity index (χ2n) is 7.53. The third-order valence-electron chi connectivity index (χ3n) is 5.03. The molecule has 4 aromatic rings. The molecule has 0 aliphatic rings. The van der Waals surface area contributed by atoms with Gasteiger partial charge in [0.2, 0.25) is 5.91 Å². The summed E-state index contributed by atoms with van der Waals surface area (Å²) in [5.41, 5.74) is 5.78. The van der Waals surface area contributed by atoms with Gasteiger partial charge in [-0.1, -0.05) is 59.8 Å². The molecule has 0 aliphatic heterocycles. The van der Waals surface area contributed by atoms with Gasteiger partial charge in [-0.15, -0.1) is 11.3 Å². The zero-order valence-corrected chi connectivity index (χ0v) is 20.7. The molecule has 8 heteroatoms. The van der Waals surface area contributed by atoms with E-state index in [2.05, 4.69) is 21.7 Å². The van der Waals surface area contributed by atoms with E-state index >= 15 is 0 Å². The molecule has 0 aliphatic carbocycles. The van der Waals surface area contributed by atoms with Crippen LogP contribution in [0.2, 0.25) is 5.02 Å². The maximum atomic E-state index is 12.5. The highest BCUT2D eigenvalue weighted by atomic mass is 35.5. The Kier molecular flexibility index (Phi) is 6.69. The molecule has 0 spiro atoms. The summed E-state index contributed by atoms with van der Waals surface area (Å²) in [6.07, 6.45) is 1.89. The number of nitrogens with zero attached hydrogens (tertiary/aromatic N) is 4. The first kappa shape index (κ1) is 22.6. The first-order chi connectivity index (χ1) is 15.3. The van der Waals surface area contributed by atoms with Crippen LogP contribution in [0.25, 0.3) is 11.3 Å². The molecule has 0 saturated heterocycles. The largest absolute Gasteiger partial charge is 0.322 e. The molecule has 0 saturated carbocycles. The Morgan fingerprint density at radius 3 is 2.66 bits per heavy atom. The Bertz CT molecular complexity index is 1240. The van der Waals surface area contributed by atoms with E-state index in [1.54, 1.807) is 16.7 Å². The number of benzene rings is 2. The van der Waals surface area contributed by atoms with Crippen LogP contribution in [0, 0.1) is 13.8 Å². The van der Waals surface area contributed by atoms with Gasteiger partial charge in [0.05, 0.1) is 28.3 Å². The highest BCUT2D eigenvalue weighted by Gasteiger charge is 2.23. The summed E-state index contributed by atoms with van der Waals surface area (Å²) >= 11 is 9.57. The molecular formula is C24H23ClN4OS2. The molecule has 0 radical (unpaired) electrons. The Hall–Kier alpha value is -2.61. The van der Waals surface area contributed by atoms with Gasteiger partial charge >= 0.3 is 0 Å². The highest BCUT2D eigenvalue weighted by molar-refractivity contribution is 7.98. The number of halogens is 1. The maximum Gasteiger partial charge on any atom is 0.230 e. The van der Waals surface area contributed by atoms with Crippen LogP contribution >= 0.6 is 34.7 Å². The number of carbonyl (C=O) groups is 1. The van der Waals surface area contributed by atoms with Crippen LogP contribution < -0.4 is 4.90 Å². The quantitative estimate of drug-likeness (QED) is 0.284. The number of aromatic nitrogens is 3. The summed E-state index contributed by atoms with van der Waals surface area (Å²) in [7, 11) is 2.02. The van der Waals surface area contributed by atoms with Crippen LogP contribution in [0.5, 0.6) is 0 Å². The van der Waals surface area contributed by atoms with E-state index < -0.39 is 0 Å². The van der Waals surface area contributed by atoms with Crippen molar-refractivity contribution in [2.24, 2.45) is 7.05 Å². The van der Waals surface area contributed by atoms with Crippen LogP contribution in [0.4, 0.5) is 10.8 Å². The number of amides is 1. The molecule has 2 heterocycles. The Labute approximate surface area is 201 Å². The summed E-state index contributed by atoms with van der Waals surface area (Å²) in [4.78, 5) is 23.4. The van der Waals surface area contributed by atoms with E-state index in [0.717, 1.165) is 33.2 Å². The lowest BCUT2D eigenvalue weighted by Crippen LogP contribution is -2.24. The fourth-order valence-corrected chi connectivity index (χ4v) is 5.81. The zero-order chi connectivity index (χ0) is 22.8. The minimum absolute atomic E-state index is 0.121.